The fourth-order valence-corrected chi connectivity index (χ4v) is 2.72. The smallest absolute Gasteiger partial charge is 0.252 e. The Hall–Kier alpha value is -1.60. The summed E-state index contributed by atoms with van der Waals surface area (Å²) in [5, 5.41) is 16.9. The van der Waals surface area contributed by atoms with Gasteiger partial charge in [0.05, 0.1) is 16.3 Å². The van der Waals surface area contributed by atoms with Crippen LogP contribution in [0.4, 0.5) is 0 Å². The Morgan fingerprint density at radius 1 is 1.33 bits per heavy atom. The molecule has 1 amide bonds. The summed E-state index contributed by atoms with van der Waals surface area (Å²) in [6, 6.07) is 5.00. The van der Waals surface area contributed by atoms with E-state index >= 15 is 0 Å². The molecule has 0 unspecified atom stereocenters. The predicted octanol–water partition coefficient (Wildman–Crippen LogP) is 3.99. The number of furan rings is 1. The second-order valence-corrected chi connectivity index (χ2v) is 5.93. The first kappa shape index (κ1) is 17.5. The van der Waals surface area contributed by atoms with Crippen molar-refractivity contribution in [3.8, 4) is 5.75 Å². The maximum Gasteiger partial charge on any atom is 0.252 e. The second kappa shape index (κ2) is 7.42. The normalized spacial score (nSPS) is 9.71. The predicted molar refractivity (Wildman–Crippen MR) is 88.0 cm³/mol. The Morgan fingerprint density at radius 2 is 1.95 bits per heavy atom. The van der Waals surface area contributed by atoms with Crippen LogP contribution in [0.3, 0.4) is 0 Å². The molecule has 1 aromatic heterocycles. The van der Waals surface area contributed by atoms with E-state index in [1.165, 1.54) is 6.26 Å². The number of halogens is 2. The van der Waals surface area contributed by atoms with Gasteiger partial charge in [0, 0.05) is 15.7 Å². The molecule has 0 aliphatic heterocycles. The van der Waals surface area contributed by atoms with E-state index in [9.17, 15) is 9.90 Å². The van der Waals surface area contributed by atoms with Gasteiger partial charge in [0.25, 0.3) is 5.91 Å². The van der Waals surface area contributed by atoms with Crippen molar-refractivity contribution in [1.29, 1.82) is 5.41 Å². The van der Waals surface area contributed by atoms with Crippen LogP contribution in [0, 0.1) is 12.3 Å². The van der Waals surface area contributed by atoms with Crippen LogP contribution in [-0.2, 0) is 0 Å². The molecular formula is C14H14Br2N2O3. The van der Waals surface area contributed by atoms with Gasteiger partial charge in [0.1, 0.15) is 11.5 Å². The van der Waals surface area contributed by atoms with Crippen LogP contribution in [0.1, 0.15) is 28.6 Å². The van der Waals surface area contributed by atoms with Crippen molar-refractivity contribution in [2.45, 2.75) is 13.8 Å². The number of aryl methyl sites for hydroxylation is 1. The van der Waals surface area contributed by atoms with Gasteiger partial charge in [0.2, 0.25) is 0 Å². The van der Waals surface area contributed by atoms with E-state index < -0.39 is 5.91 Å². The van der Waals surface area contributed by atoms with Crippen LogP contribution in [0.2, 0.25) is 0 Å². The molecule has 0 saturated heterocycles. The number of amides is 1. The van der Waals surface area contributed by atoms with Gasteiger partial charge in [-0.25, -0.2) is 0 Å². The monoisotopic (exact) mass is 416 g/mol. The quantitative estimate of drug-likeness (QED) is 0.643. The lowest BCUT2D eigenvalue weighted by Gasteiger charge is -2.04. The molecule has 2 rings (SSSR count). The van der Waals surface area contributed by atoms with E-state index in [-0.39, 0.29) is 5.75 Å². The molecule has 4 N–H and O–H groups in total. The molecule has 0 aliphatic carbocycles. The van der Waals surface area contributed by atoms with Gasteiger partial charge < -0.3 is 20.7 Å². The molecule has 0 saturated carbocycles. The average molecular weight is 418 g/mol. The number of carbonyl (C=O) groups excluding carboxylic acids is 1. The number of aromatic hydroxyl groups is 1. The maximum absolute atomic E-state index is 10.4. The summed E-state index contributed by atoms with van der Waals surface area (Å²) in [7, 11) is 0. The largest absolute Gasteiger partial charge is 0.506 e. The van der Waals surface area contributed by atoms with E-state index in [0.29, 0.717) is 27.1 Å². The van der Waals surface area contributed by atoms with Gasteiger partial charge >= 0.3 is 0 Å². The van der Waals surface area contributed by atoms with Crippen molar-refractivity contribution in [2.75, 3.05) is 0 Å². The molecule has 5 nitrogen and oxygen atoms in total. The highest BCUT2D eigenvalue weighted by Gasteiger charge is 2.08. The second-order valence-electron chi connectivity index (χ2n) is 4.16. The van der Waals surface area contributed by atoms with Crippen molar-refractivity contribution >= 4 is 43.5 Å². The summed E-state index contributed by atoms with van der Waals surface area (Å²) in [6.07, 6.45) is 1.44. The third kappa shape index (κ3) is 4.71. The topological polar surface area (TPSA) is 100 Å². The third-order valence-electron chi connectivity index (χ3n) is 2.56. The number of rotatable bonds is 2. The number of carbonyl (C=O) groups is 1. The summed E-state index contributed by atoms with van der Waals surface area (Å²) in [5.41, 5.74) is 6.29. The van der Waals surface area contributed by atoms with Crippen LogP contribution in [0.5, 0.6) is 5.75 Å². The van der Waals surface area contributed by atoms with E-state index in [1.807, 2.05) is 0 Å². The first-order valence-electron chi connectivity index (χ1n) is 5.81. The number of phenolic OH excluding ortho intramolecular Hbond substituents is 1. The van der Waals surface area contributed by atoms with Crippen LogP contribution < -0.4 is 5.73 Å². The van der Waals surface area contributed by atoms with E-state index in [2.05, 4.69) is 31.9 Å². The number of benzene rings is 1. The molecule has 0 aliphatic rings. The summed E-state index contributed by atoms with van der Waals surface area (Å²) in [6.45, 7) is 3.33. The fourth-order valence-electron chi connectivity index (χ4n) is 1.49. The fraction of sp³-hybridized carbons (Fsp3) is 0.143. The Kier molecular flexibility index (Phi) is 6.17. The molecule has 0 fully saturated rings. The Morgan fingerprint density at radius 3 is 2.33 bits per heavy atom. The first-order chi connectivity index (χ1) is 9.73. The highest BCUT2D eigenvalue weighted by atomic mass is 79.9. The number of primary amides is 1. The molecule has 0 radical (unpaired) electrons. The molecule has 7 heteroatoms. The number of hydrogen-bond acceptors (Lipinski definition) is 4. The zero-order valence-corrected chi connectivity index (χ0v) is 14.6. The lowest BCUT2D eigenvalue weighted by atomic mass is 10.1. The summed E-state index contributed by atoms with van der Waals surface area (Å²) < 4.78 is 6.26. The number of phenols is 1. The minimum absolute atomic E-state index is 0.116. The minimum Gasteiger partial charge on any atom is -0.506 e. The first-order valence-corrected chi connectivity index (χ1v) is 7.40. The molecule has 0 spiro atoms. The van der Waals surface area contributed by atoms with Gasteiger partial charge in [0.15, 0.2) is 0 Å². The molecule has 1 aromatic carbocycles. The van der Waals surface area contributed by atoms with Gasteiger partial charge in [-0.3, -0.25) is 4.79 Å². The SMILES string of the molecule is CC(=N)c1cc(Br)cc(Br)c1O.Cc1occc1C(N)=O. The summed E-state index contributed by atoms with van der Waals surface area (Å²) >= 11 is 6.47. The minimum atomic E-state index is -0.443. The molecule has 21 heavy (non-hydrogen) atoms. The highest BCUT2D eigenvalue weighted by Crippen LogP contribution is 2.31. The van der Waals surface area contributed by atoms with E-state index in [0.717, 1.165) is 4.47 Å². The number of nitrogens with one attached hydrogen (secondary N) is 1. The Balaban J connectivity index is 0.000000219. The van der Waals surface area contributed by atoms with Gasteiger partial charge in [-0.05, 0) is 48.0 Å². The zero-order chi connectivity index (χ0) is 16.2. The van der Waals surface area contributed by atoms with Gasteiger partial charge in [-0.2, -0.15) is 0 Å². The highest BCUT2D eigenvalue weighted by molar-refractivity contribution is 9.11. The summed E-state index contributed by atoms with van der Waals surface area (Å²) in [4.78, 5) is 10.4. The lowest BCUT2D eigenvalue weighted by Crippen LogP contribution is -2.10. The molecule has 0 bridgehead atoms. The molecular weight excluding hydrogens is 404 g/mol. The van der Waals surface area contributed by atoms with Crippen molar-refractivity contribution in [3.05, 3.63) is 50.3 Å². The van der Waals surface area contributed by atoms with Crippen molar-refractivity contribution in [1.82, 2.24) is 0 Å². The summed E-state index contributed by atoms with van der Waals surface area (Å²) in [5.74, 6) is 0.245. The van der Waals surface area contributed by atoms with Gasteiger partial charge in [-0.1, -0.05) is 15.9 Å². The molecule has 0 atom stereocenters. The lowest BCUT2D eigenvalue weighted by molar-refractivity contribution is 0.0999. The molecule has 1 heterocycles. The van der Waals surface area contributed by atoms with Crippen molar-refractivity contribution in [3.63, 3.8) is 0 Å². The number of nitrogens with two attached hydrogens (primary N) is 1. The maximum atomic E-state index is 10.4. The van der Waals surface area contributed by atoms with Crippen LogP contribution in [0.15, 0.2) is 37.8 Å². The Labute approximate surface area is 138 Å². The van der Waals surface area contributed by atoms with E-state index in [4.69, 9.17) is 15.6 Å². The third-order valence-corrected chi connectivity index (χ3v) is 3.62. The van der Waals surface area contributed by atoms with Crippen LogP contribution >= 0.6 is 31.9 Å². The van der Waals surface area contributed by atoms with Crippen molar-refractivity contribution in [2.24, 2.45) is 5.73 Å². The van der Waals surface area contributed by atoms with Crippen molar-refractivity contribution < 1.29 is 14.3 Å². The van der Waals surface area contributed by atoms with Gasteiger partial charge in [-0.15, -0.1) is 0 Å². The van der Waals surface area contributed by atoms with Crippen LogP contribution in [0.25, 0.3) is 0 Å². The van der Waals surface area contributed by atoms with Crippen LogP contribution in [-0.4, -0.2) is 16.7 Å². The average Bonchev–Trinajstić information content (AvgIpc) is 2.80. The zero-order valence-electron chi connectivity index (χ0n) is 11.4. The molecule has 112 valence electrons. The van der Waals surface area contributed by atoms with E-state index in [1.54, 1.807) is 32.0 Å². The number of hydrogen-bond donors (Lipinski definition) is 3. The molecule has 2 aromatic rings. The Bertz CT molecular complexity index is 681. The standard InChI is InChI=1S/C8H7Br2NO.C6H7NO2/c1-4(11)6-2-5(9)3-7(10)8(6)12;1-4-5(6(7)8)2-3-9-4/h2-3,11-12H,1H3;2-3H,1H3,(H2,7,8).